The van der Waals surface area contributed by atoms with E-state index in [1.54, 1.807) is 6.20 Å². The molecule has 0 bridgehead atoms. The Morgan fingerprint density at radius 3 is 3.27 bits per heavy atom. The molecule has 1 aromatic heterocycles. The number of anilines is 1. The number of aromatic nitrogens is 2. The lowest BCUT2D eigenvalue weighted by atomic mass is 10.2. The van der Waals surface area contributed by atoms with Gasteiger partial charge in [0, 0.05) is 12.7 Å². The van der Waals surface area contributed by atoms with Crippen LogP contribution >= 0.6 is 22.6 Å². The highest BCUT2D eigenvalue weighted by Crippen LogP contribution is 2.21. The predicted octanol–water partition coefficient (Wildman–Crippen LogP) is 0.279. The highest BCUT2D eigenvalue weighted by atomic mass is 127. The van der Waals surface area contributed by atoms with Crippen LogP contribution in [0.15, 0.2) is 12.5 Å². The number of halogens is 1. The number of ether oxygens (including phenoxy) is 1. The van der Waals surface area contributed by atoms with E-state index in [4.69, 9.17) is 4.74 Å². The Kier molecular flexibility index (Phi) is 3.71. The summed E-state index contributed by atoms with van der Waals surface area (Å²) >= 11 is 2.20. The van der Waals surface area contributed by atoms with Gasteiger partial charge in [-0.3, -0.25) is 0 Å². The van der Waals surface area contributed by atoms with Crippen molar-refractivity contribution in [2.45, 2.75) is 6.04 Å². The van der Waals surface area contributed by atoms with Crippen molar-refractivity contribution in [3.8, 4) is 0 Å². The van der Waals surface area contributed by atoms with Gasteiger partial charge in [0.2, 0.25) is 0 Å². The van der Waals surface area contributed by atoms with Gasteiger partial charge in [-0.1, -0.05) is 0 Å². The zero-order valence-electron chi connectivity index (χ0n) is 8.14. The third-order valence-corrected chi connectivity index (χ3v) is 3.12. The number of aliphatic hydroxyl groups excluding tert-OH is 1. The molecule has 0 aliphatic carbocycles. The number of morpholine rings is 1. The minimum atomic E-state index is 0.00201. The van der Waals surface area contributed by atoms with E-state index in [2.05, 4.69) is 37.5 Å². The molecule has 2 heterocycles. The highest BCUT2D eigenvalue weighted by molar-refractivity contribution is 14.1. The maximum absolute atomic E-state index is 9.25. The monoisotopic (exact) mass is 321 g/mol. The lowest BCUT2D eigenvalue weighted by Crippen LogP contribution is -2.48. The van der Waals surface area contributed by atoms with Crippen LogP contribution in [0.25, 0.3) is 0 Å². The quantitative estimate of drug-likeness (QED) is 0.793. The first-order chi connectivity index (χ1) is 7.33. The minimum Gasteiger partial charge on any atom is -0.394 e. The Labute approximate surface area is 102 Å². The second-order valence-corrected chi connectivity index (χ2v) is 4.46. The van der Waals surface area contributed by atoms with Crippen molar-refractivity contribution in [3.63, 3.8) is 0 Å². The molecule has 1 fully saturated rings. The number of aliphatic hydroxyl groups is 1. The normalized spacial score (nSPS) is 21.7. The lowest BCUT2D eigenvalue weighted by molar-refractivity contribution is 0.0722. The predicted molar refractivity (Wildman–Crippen MR) is 63.8 cm³/mol. The molecule has 0 amide bonds. The van der Waals surface area contributed by atoms with Crippen LogP contribution in [0.2, 0.25) is 0 Å². The fraction of sp³-hybridized carbons (Fsp3) is 0.556. The summed E-state index contributed by atoms with van der Waals surface area (Å²) < 4.78 is 6.31. The molecule has 0 spiro atoms. The molecule has 0 aromatic carbocycles. The van der Waals surface area contributed by atoms with E-state index in [1.807, 2.05) is 0 Å². The Bertz CT molecular complexity index is 337. The molecule has 1 aliphatic heterocycles. The third kappa shape index (κ3) is 2.37. The molecule has 1 aromatic rings. The highest BCUT2D eigenvalue weighted by Gasteiger charge is 2.24. The maximum atomic E-state index is 9.25. The molecule has 1 unspecified atom stereocenters. The van der Waals surface area contributed by atoms with Crippen molar-refractivity contribution >= 4 is 28.4 Å². The van der Waals surface area contributed by atoms with Gasteiger partial charge in [-0.05, 0) is 22.6 Å². The van der Waals surface area contributed by atoms with Crippen LogP contribution in [0.1, 0.15) is 0 Å². The van der Waals surface area contributed by atoms with E-state index < -0.39 is 0 Å². The summed E-state index contributed by atoms with van der Waals surface area (Å²) in [7, 11) is 0. The number of hydrogen-bond donors (Lipinski definition) is 1. The Balaban J connectivity index is 2.24. The summed E-state index contributed by atoms with van der Waals surface area (Å²) in [5.41, 5.74) is 0. The Morgan fingerprint density at radius 1 is 1.67 bits per heavy atom. The first-order valence-corrected chi connectivity index (χ1v) is 5.81. The van der Waals surface area contributed by atoms with E-state index in [0.29, 0.717) is 13.2 Å². The van der Waals surface area contributed by atoms with Crippen LogP contribution < -0.4 is 4.90 Å². The van der Waals surface area contributed by atoms with Gasteiger partial charge < -0.3 is 14.7 Å². The van der Waals surface area contributed by atoms with Crippen molar-refractivity contribution in [2.75, 3.05) is 31.3 Å². The van der Waals surface area contributed by atoms with Crippen LogP contribution in [0.5, 0.6) is 0 Å². The maximum Gasteiger partial charge on any atom is 0.145 e. The molecular formula is C9H12IN3O2. The van der Waals surface area contributed by atoms with Crippen molar-refractivity contribution in [1.29, 1.82) is 0 Å². The minimum absolute atomic E-state index is 0.00201. The molecule has 1 aliphatic rings. The summed E-state index contributed by atoms with van der Waals surface area (Å²) in [5.74, 6) is 0.882. The lowest BCUT2D eigenvalue weighted by Gasteiger charge is -2.35. The molecule has 1 N–H and O–H groups in total. The van der Waals surface area contributed by atoms with Gasteiger partial charge in [-0.15, -0.1) is 0 Å². The molecule has 1 atom stereocenters. The van der Waals surface area contributed by atoms with Gasteiger partial charge in [-0.2, -0.15) is 0 Å². The summed E-state index contributed by atoms with van der Waals surface area (Å²) in [4.78, 5) is 10.3. The number of rotatable bonds is 2. The van der Waals surface area contributed by atoms with Crippen molar-refractivity contribution in [1.82, 2.24) is 9.97 Å². The second kappa shape index (κ2) is 5.04. The first-order valence-electron chi connectivity index (χ1n) is 4.73. The van der Waals surface area contributed by atoms with Gasteiger partial charge >= 0.3 is 0 Å². The number of nitrogens with zero attached hydrogens (tertiary/aromatic N) is 3. The summed E-state index contributed by atoms with van der Waals surface area (Å²) in [5, 5.41) is 9.25. The van der Waals surface area contributed by atoms with Crippen molar-refractivity contribution < 1.29 is 9.84 Å². The van der Waals surface area contributed by atoms with E-state index in [-0.39, 0.29) is 12.6 Å². The van der Waals surface area contributed by atoms with Crippen LogP contribution in [0.4, 0.5) is 5.82 Å². The van der Waals surface area contributed by atoms with E-state index in [9.17, 15) is 5.11 Å². The average Bonchev–Trinajstić information content (AvgIpc) is 2.30. The molecule has 82 valence electrons. The average molecular weight is 321 g/mol. The van der Waals surface area contributed by atoms with Crippen molar-refractivity contribution in [3.05, 3.63) is 16.1 Å². The molecule has 2 rings (SSSR count). The smallest absolute Gasteiger partial charge is 0.145 e. The van der Waals surface area contributed by atoms with Gasteiger partial charge in [0.1, 0.15) is 12.1 Å². The second-order valence-electron chi connectivity index (χ2n) is 3.30. The molecule has 15 heavy (non-hydrogen) atoms. The Hall–Kier alpha value is -0.470. The SMILES string of the molecule is OCC1COCCN1c1ncncc1I. The van der Waals surface area contributed by atoms with E-state index in [1.165, 1.54) is 6.33 Å². The fourth-order valence-electron chi connectivity index (χ4n) is 1.60. The third-order valence-electron chi connectivity index (χ3n) is 2.36. The van der Waals surface area contributed by atoms with Crippen molar-refractivity contribution in [2.24, 2.45) is 0 Å². The van der Waals surface area contributed by atoms with Gasteiger partial charge in [0.25, 0.3) is 0 Å². The molecule has 0 saturated carbocycles. The summed E-state index contributed by atoms with van der Waals surface area (Å²) in [6.45, 7) is 2.07. The number of hydrogen-bond acceptors (Lipinski definition) is 5. The zero-order valence-corrected chi connectivity index (χ0v) is 10.3. The largest absolute Gasteiger partial charge is 0.394 e. The van der Waals surface area contributed by atoms with Crippen LogP contribution in [0.3, 0.4) is 0 Å². The topological polar surface area (TPSA) is 58.5 Å². The molecule has 1 saturated heterocycles. The molecular weight excluding hydrogens is 309 g/mol. The summed E-state index contributed by atoms with van der Waals surface area (Å²) in [6.07, 6.45) is 3.30. The molecule has 6 heteroatoms. The Morgan fingerprint density at radius 2 is 2.53 bits per heavy atom. The summed E-state index contributed by atoms with van der Waals surface area (Å²) in [6, 6.07) is 0.00201. The van der Waals surface area contributed by atoms with Gasteiger partial charge in [-0.25, -0.2) is 9.97 Å². The van der Waals surface area contributed by atoms with Crippen LogP contribution in [-0.4, -0.2) is 47.5 Å². The first kappa shape index (κ1) is 11.0. The van der Waals surface area contributed by atoms with Crippen LogP contribution in [0, 0.1) is 3.57 Å². The zero-order chi connectivity index (χ0) is 10.7. The fourth-order valence-corrected chi connectivity index (χ4v) is 2.21. The molecule has 5 nitrogen and oxygen atoms in total. The van der Waals surface area contributed by atoms with Gasteiger partial charge in [0.05, 0.1) is 29.4 Å². The van der Waals surface area contributed by atoms with Crippen LogP contribution in [-0.2, 0) is 4.74 Å². The molecule has 0 radical (unpaired) electrons. The standard InChI is InChI=1S/C9H12IN3O2/c10-8-3-11-6-12-9(8)13-1-2-15-5-7(13)4-14/h3,6-7,14H,1-2,4-5H2. The van der Waals surface area contributed by atoms with Gasteiger partial charge in [0.15, 0.2) is 0 Å². The van der Waals surface area contributed by atoms with E-state index in [0.717, 1.165) is 15.9 Å². The van der Waals surface area contributed by atoms with E-state index >= 15 is 0 Å².